The Balaban J connectivity index is 2.62. The average molecular weight is 240 g/mol. The van der Waals surface area contributed by atoms with E-state index in [4.69, 9.17) is 10.8 Å². The van der Waals surface area contributed by atoms with Crippen LogP contribution in [-0.4, -0.2) is 24.8 Å². The summed E-state index contributed by atoms with van der Waals surface area (Å²) in [6.07, 6.45) is 1.66. The summed E-state index contributed by atoms with van der Waals surface area (Å²) in [5, 5.41) is 12.0. The Labute approximate surface area is 102 Å². The highest BCUT2D eigenvalue weighted by Gasteiger charge is 2.12. The van der Waals surface area contributed by atoms with Gasteiger partial charge < -0.3 is 16.2 Å². The molecule has 0 aliphatic heterocycles. The largest absolute Gasteiger partial charge is 0.396 e. The van der Waals surface area contributed by atoms with E-state index >= 15 is 0 Å². The van der Waals surface area contributed by atoms with Gasteiger partial charge in [-0.15, -0.1) is 0 Å². The third-order valence-electron chi connectivity index (χ3n) is 2.83. The first-order chi connectivity index (χ1) is 8.19. The highest BCUT2D eigenvalue weighted by molar-refractivity contribution is 5.29. The number of rotatable bonds is 7. The van der Waals surface area contributed by atoms with Crippen LogP contribution < -0.4 is 11.1 Å². The normalized spacial score (nSPS) is 12.7. The number of aliphatic hydroxyl groups is 1. The predicted octanol–water partition coefficient (Wildman–Crippen LogP) is 1.50. The van der Waals surface area contributed by atoms with Gasteiger partial charge in [0.2, 0.25) is 0 Å². The van der Waals surface area contributed by atoms with Crippen LogP contribution in [0.3, 0.4) is 0 Å². The van der Waals surface area contributed by atoms with E-state index < -0.39 is 0 Å². The van der Waals surface area contributed by atoms with Crippen molar-refractivity contribution in [2.45, 2.75) is 25.8 Å². The van der Waals surface area contributed by atoms with Crippen molar-refractivity contribution in [2.75, 3.05) is 19.7 Å². The third kappa shape index (κ3) is 4.42. The molecule has 0 spiro atoms. The van der Waals surface area contributed by atoms with E-state index in [9.17, 15) is 4.39 Å². The molecule has 0 bridgehead atoms. The number of aryl methyl sites for hydroxylation is 1. The smallest absolute Gasteiger partial charge is 0.123 e. The molecule has 1 unspecified atom stereocenters. The maximum atomic E-state index is 13.2. The van der Waals surface area contributed by atoms with Gasteiger partial charge in [-0.2, -0.15) is 0 Å². The molecule has 0 aliphatic rings. The molecule has 0 heterocycles. The van der Waals surface area contributed by atoms with Crippen LogP contribution in [0.1, 0.15) is 30.0 Å². The van der Waals surface area contributed by atoms with Crippen molar-refractivity contribution in [3.8, 4) is 0 Å². The van der Waals surface area contributed by atoms with E-state index in [0.29, 0.717) is 6.54 Å². The van der Waals surface area contributed by atoms with Crippen LogP contribution in [-0.2, 0) is 0 Å². The summed E-state index contributed by atoms with van der Waals surface area (Å²) in [6.45, 7) is 3.36. The molecule has 1 rings (SSSR count). The molecular weight excluding hydrogens is 219 g/mol. The minimum Gasteiger partial charge on any atom is -0.396 e. The van der Waals surface area contributed by atoms with Crippen LogP contribution in [0.25, 0.3) is 0 Å². The van der Waals surface area contributed by atoms with Crippen molar-refractivity contribution >= 4 is 0 Å². The Morgan fingerprint density at radius 1 is 1.41 bits per heavy atom. The molecule has 4 N–H and O–H groups in total. The lowest BCUT2D eigenvalue weighted by Gasteiger charge is -2.19. The van der Waals surface area contributed by atoms with Gasteiger partial charge in [0.1, 0.15) is 5.82 Å². The lowest BCUT2D eigenvalue weighted by Crippen LogP contribution is -2.29. The standard InChI is InChI=1S/C13H21FN2O/c1-10-4-5-11(14)8-12(10)13(9-15)16-6-2-3-7-17/h4-5,8,13,16-17H,2-3,6-7,9,15H2,1H3. The lowest BCUT2D eigenvalue weighted by molar-refractivity contribution is 0.282. The van der Waals surface area contributed by atoms with Crippen LogP contribution in [0.4, 0.5) is 4.39 Å². The zero-order valence-electron chi connectivity index (χ0n) is 10.2. The molecule has 0 aliphatic carbocycles. The van der Waals surface area contributed by atoms with Crippen LogP contribution in [0, 0.1) is 12.7 Å². The molecule has 96 valence electrons. The van der Waals surface area contributed by atoms with Gasteiger partial charge in [0, 0.05) is 19.2 Å². The van der Waals surface area contributed by atoms with Gasteiger partial charge in [-0.1, -0.05) is 6.07 Å². The predicted molar refractivity (Wildman–Crippen MR) is 67.3 cm³/mol. The van der Waals surface area contributed by atoms with Crippen LogP contribution in [0.15, 0.2) is 18.2 Å². The molecule has 0 saturated heterocycles. The van der Waals surface area contributed by atoms with Crippen molar-refractivity contribution in [1.82, 2.24) is 5.32 Å². The summed E-state index contributed by atoms with van der Waals surface area (Å²) < 4.78 is 13.2. The Morgan fingerprint density at radius 2 is 2.18 bits per heavy atom. The first-order valence-electron chi connectivity index (χ1n) is 5.99. The van der Waals surface area contributed by atoms with E-state index in [1.54, 1.807) is 6.07 Å². The van der Waals surface area contributed by atoms with E-state index in [1.165, 1.54) is 12.1 Å². The minimum atomic E-state index is -0.235. The molecule has 0 fully saturated rings. The number of hydrogen-bond acceptors (Lipinski definition) is 3. The Morgan fingerprint density at radius 3 is 2.82 bits per heavy atom. The number of benzene rings is 1. The fourth-order valence-electron chi connectivity index (χ4n) is 1.82. The van der Waals surface area contributed by atoms with Crippen molar-refractivity contribution < 1.29 is 9.50 Å². The number of nitrogens with one attached hydrogen (secondary N) is 1. The molecule has 0 aromatic heterocycles. The molecule has 0 radical (unpaired) electrons. The molecular formula is C13H21FN2O. The second-order valence-electron chi connectivity index (χ2n) is 4.17. The summed E-state index contributed by atoms with van der Waals surface area (Å²) in [5.74, 6) is -0.235. The maximum Gasteiger partial charge on any atom is 0.123 e. The molecule has 1 aromatic rings. The van der Waals surface area contributed by atoms with Crippen molar-refractivity contribution in [1.29, 1.82) is 0 Å². The molecule has 3 nitrogen and oxygen atoms in total. The number of aliphatic hydroxyl groups excluding tert-OH is 1. The lowest BCUT2D eigenvalue weighted by atomic mass is 10.0. The quantitative estimate of drug-likeness (QED) is 0.633. The van der Waals surface area contributed by atoms with Gasteiger partial charge in [-0.25, -0.2) is 4.39 Å². The van der Waals surface area contributed by atoms with E-state index in [2.05, 4.69) is 5.32 Å². The maximum absolute atomic E-state index is 13.2. The summed E-state index contributed by atoms with van der Waals surface area (Å²) >= 11 is 0. The molecule has 4 heteroatoms. The van der Waals surface area contributed by atoms with Crippen molar-refractivity contribution in [3.63, 3.8) is 0 Å². The molecule has 0 amide bonds. The van der Waals surface area contributed by atoms with Gasteiger partial charge in [0.15, 0.2) is 0 Å². The molecule has 1 atom stereocenters. The zero-order chi connectivity index (χ0) is 12.7. The topological polar surface area (TPSA) is 58.3 Å². The number of halogens is 1. The van der Waals surface area contributed by atoms with Gasteiger partial charge in [0.05, 0.1) is 0 Å². The Bertz CT molecular complexity index is 344. The zero-order valence-corrected chi connectivity index (χ0v) is 10.2. The summed E-state index contributed by atoms with van der Waals surface area (Å²) in [4.78, 5) is 0. The summed E-state index contributed by atoms with van der Waals surface area (Å²) in [7, 11) is 0. The van der Waals surface area contributed by atoms with Crippen molar-refractivity contribution in [3.05, 3.63) is 35.1 Å². The third-order valence-corrected chi connectivity index (χ3v) is 2.83. The Kier molecular flexibility index (Phi) is 6.11. The fourth-order valence-corrected chi connectivity index (χ4v) is 1.82. The van der Waals surface area contributed by atoms with Crippen LogP contribution >= 0.6 is 0 Å². The average Bonchev–Trinajstić information content (AvgIpc) is 2.33. The first kappa shape index (κ1) is 14.1. The SMILES string of the molecule is Cc1ccc(F)cc1C(CN)NCCCCO. The molecule has 1 aromatic carbocycles. The highest BCUT2D eigenvalue weighted by Crippen LogP contribution is 2.18. The molecule has 17 heavy (non-hydrogen) atoms. The minimum absolute atomic E-state index is 0.0237. The van der Waals surface area contributed by atoms with E-state index in [0.717, 1.165) is 30.5 Å². The molecule has 0 saturated carbocycles. The van der Waals surface area contributed by atoms with Gasteiger partial charge in [0.25, 0.3) is 0 Å². The van der Waals surface area contributed by atoms with Crippen LogP contribution in [0.5, 0.6) is 0 Å². The number of unbranched alkanes of at least 4 members (excludes halogenated alkanes) is 1. The fraction of sp³-hybridized carbons (Fsp3) is 0.538. The number of hydrogen-bond donors (Lipinski definition) is 3. The van der Waals surface area contributed by atoms with E-state index in [1.807, 2.05) is 6.92 Å². The van der Waals surface area contributed by atoms with E-state index in [-0.39, 0.29) is 18.5 Å². The highest BCUT2D eigenvalue weighted by atomic mass is 19.1. The summed E-state index contributed by atoms with van der Waals surface area (Å²) in [6, 6.07) is 4.73. The van der Waals surface area contributed by atoms with Gasteiger partial charge >= 0.3 is 0 Å². The Hall–Kier alpha value is -0.970. The first-order valence-corrected chi connectivity index (χ1v) is 5.99. The number of nitrogens with two attached hydrogens (primary N) is 1. The second kappa shape index (κ2) is 7.37. The second-order valence-corrected chi connectivity index (χ2v) is 4.17. The monoisotopic (exact) mass is 240 g/mol. The van der Waals surface area contributed by atoms with Crippen molar-refractivity contribution in [2.24, 2.45) is 5.73 Å². The van der Waals surface area contributed by atoms with Gasteiger partial charge in [-0.3, -0.25) is 0 Å². The summed E-state index contributed by atoms with van der Waals surface area (Å²) in [5.41, 5.74) is 7.66. The van der Waals surface area contributed by atoms with Gasteiger partial charge in [-0.05, 0) is 49.6 Å². The van der Waals surface area contributed by atoms with Crippen LogP contribution in [0.2, 0.25) is 0 Å².